The van der Waals surface area contributed by atoms with Crippen LogP contribution in [0.1, 0.15) is 48.2 Å². The van der Waals surface area contributed by atoms with E-state index < -0.39 is 11.4 Å². The van der Waals surface area contributed by atoms with Gasteiger partial charge >= 0.3 is 5.97 Å². The van der Waals surface area contributed by atoms with E-state index in [1.165, 1.54) is 26.3 Å². The van der Waals surface area contributed by atoms with Crippen molar-refractivity contribution in [3.8, 4) is 0 Å². The normalized spacial score (nSPS) is 14.8. The van der Waals surface area contributed by atoms with Crippen LogP contribution in [0.25, 0.3) is 0 Å². The van der Waals surface area contributed by atoms with Crippen LogP contribution in [0.15, 0.2) is 36.5 Å². The summed E-state index contributed by atoms with van der Waals surface area (Å²) >= 11 is 5.91. The molecule has 30 heavy (non-hydrogen) atoms. The Morgan fingerprint density at radius 3 is 2.50 bits per heavy atom. The van der Waals surface area contributed by atoms with E-state index in [9.17, 15) is 14.4 Å². The van der Waals surface area contributed by atoms with Crippen LogP contribution in [0.3, 0.4) is 0 Å². The average Bonchev–Trinajstić information content (AvgIpc) is 2.68. The van der Waals surface area contributed by atoms with Crippen molar-refractivity contribution in [3.05, 3.63) is 58.4 Å². The number of pyridine rings is 1. The summed E-state index contributed by atoms with van der Waals surface area (Å²) in [6.07, 6.45) is 1.33. The predicted molar refractivity (Wildman–Crippen MR) is 114 cm³/mol. The fourth-order valence-electron chi connectivity index (χ4n) is 3.75. The van der Waals surface area contributed by atoms with E-state index in [0.29, 0.717) is 0 Å². The van der Waals surface area contributed by atoms with Crippen molar-refractivity contribution < 1.29 is 19.1 Å². The Morgan fingerprint density at radius 2 is 1.90 bits per heavy atom. The van der Waals surface area contributed by atoms with Crippen molar-refractivity contribution in [1.82, 2.24) is 9.88 Å². The number of esters is 1. The minimum Gasteiger partial charge on any atom is -0.465 e. The summed E-state index contributed by atoms with van der Waals surface area (Å²) in [5.41, 5.74) is 1.30. The van der Waals surface area contributed by atoms with Gasteiger partial charge in [0.1, 0.15) is 10.6 Å². The second-order valence-electron chi connectivity index (χ2n) is 7.70. The van der Waals surface area contributed by atoms with Crippen LogP contribution in [-0.2, 0) is 19.7 Å². The van der Waals surface area contributed by atoms with Gasteiger partial charge in [0.05, 0.1) is 24.6 Å². The first kappa shape index (κ1) is 21.8. The Morgan fingerprint density at radius 1 is 1.23 bits per heavy atom. The van der Waals surface area contributed by atoms with Gasteiger partial charge in [0, 0.05) is 20.0 Å². The van der Waals surface area contributed by atoms with Crippen molar-refractivity contribution in [2.45, 2.75) is 32.1 Å². The van der Waals surface area contributed by atoms with Crippen LogP contribution in [0.4, 0.5) is 5.69 Å². The van der Waals surface area contributed by atoms with Gasteiger partial charge in [-0.15, -0.1) is 0 Å². The minimum absolute atomic E-state index is 0.0936. The number of amides is 2. The monoisotopic (exact) mass is 429 g/mol. The van der Waals surface area contributed by atoms with Gasteiger partial charge in [-0.3, -0.25) is 9.59 Å². The second kappa shape index (κ2) is 8.44. The molecule has 1 aliphatic heterocycles. The number of hydrogen-bond acceptors (Lipinski definition) is 5. The van der Waals surface area contributed by atoms with Gasteiger partial charge in [-0.1, -0.05) is 49.7 Å². The molecule has 2 aromatic rings. The molecule has 0 aliphatic carbocycles. The third kappa shape index (κ3) is 3.89. The summed E-state index contributed by atoms with van der Waals surface area (Å²) in [6.45, 7) is 6.11. The summed E-state index contributed by atoms with van der Waals surface area (Å²) in [5, 5.41) is 2.93. The Hall–Kier alpha value is -2.93. The van der Waals surface area contributed by atoms with Gasteiger partial charge in [0.15, 0.2) is 0 Å². The molecule has 3 rings (SSSR count). The van der Waals surface area contributed by atoms with Gasteiger partial charge in [-0.2, -0.15) is 0 Å². The molecular formula is C22H24ClN3O4. The summed E-state index contributed by atoms with van der Waals surface area (Å²) in [7, 11) is 1.25. The number of hydrogen-bond donors (Lipinski definition) is 1. The fourth-order valence-corrected chi connectivity index (χ4v) is 3.91. The molecule has 8 heteroatoms. The van der Waals surface area contributed by atoms with Crippen LogP contribution >= 0.6 is 11.6 Å². The van der Waals surface area contributed by atoms with E-state index >= 15 is 0 Å². The van der Waals surface area contributed by atoms with Crippen molar-refractivity contribution in [3.63, 3.8) is 0 Å². The smallest absolute Gasteiger partial charge is 0.340 e. The molecule has 1 saturated heterocycles. The molecular weight excluding hydrogens is 406 g/mol. The minimum atomic E-state index is -0.931. The number of aromatic nitrogens is 1. The van der Waals surface area contributed by atoms with Gasteiger partial charge in [0.25, 0.3) is 0 Å². The first-order valence-corrected chi connectivity index (χ1v) is 9.97. The molecule has 0 radical (unpaired) electrons. The number of benzene rings is 1. The van der Waals surface area contributed by atoms with Crippen molar-refractivity contribution in [1.29, 1.82) is 0 Å². The average molecular weight is 430 g/mol. The van der Waals surface area contributed by atoms with Crippen LogP contribution < -0.4 is 5.32 Å². The Labute approximate surface area is 180 Å². The molecule has 2 heterocycles. The van der Waals surface area contributed by atoms with Crippen molar-refractivity contribution >= 4 is 35.1 Å². The summed E-state index contributed by atoms with van der Waals surface area (Å²) < 4.78 is 4.79. The van der Waals surface area contributed by atoms with Gasteiger partial charge < -0.3 is 15.0 Å². The number of halogens is 1. The standard InChI is InChI=1S/C22H24ClN3O4/c1-13(2)15-7-5-6-8-17(15)22(11-26(12-22)14(3)27)21(29)25-18-10-24-19(23)9-16(18)20(28)30-4/h5-10,13H,11-12H2,1-4H3,(H,25,29). The molecule has 0 atom stereocenters. The maximum atomic E-state index is 13.5. The number of ether oxygens (including phenoxy) is 1. The third-order valence-corrected chi connectivity index (χ3v) is 5.63. The molecule has 0 unspecified atom stereocenters. The van der Waals surface area contributed by atoms with Crippen molar-refractivity contribution in [2.75, 3.05) is 25.5 Å². The number of likely N-dealkylation sites (tertiary alicyclic amines) is 1. The highest BCUT2D eigenvalue weighted by Crippen LogP contribution is 2.40. The summed E-state index contributed by atoms with van der Waals surface area (Å²) in [5.74, 6) is -0.850. The van der Waals surface area contributed by atoms with E-state index in [-0.39, 0.29) is 47.2 Å². The molecule has 0 bridgehead atoms. The highest BCUT2D eigenvalue weighted by Gasteiger charge is 2.52. The third-order valence-electron chi connectivity index (χ3n) is 5.42. The Kier molecular flexibility index (Phi) is 6.12. The molecule has 7 nitrogen and oxygen atoms in total. The summed E-state index contributed by atoms with van der Waals surface area (Å²) in [6, 6.07) is 9.09. The first-order chi connectivity index (χ1) is 14.2. The van der Waals surface area contributed by atoms with Crippen LogP contribution in [0.2, 0.25) is 5.15 Å². The molecule has 1 N–H and O–H groups in total. The van der Waals surface area contributed by atoms with Crippen molar-refractivity contribution in [2.24, 2.45) is 0 Å². The number of rotatable bonds is 5. The molecule has 1 aromatic carbocycles. The topological polar surface area (TPSA) is 88.6 Å². The molecule has 0 saturated carbocycles. The number of carbonyl (C=O) groups is 3. The van der Waals surface area contributed by atoms with Gasteiger partial charge in [-0.25, -0.2) is 9.78 Å². The maximum absolute atomic E-state index is 13.5. The van der Waals surface area contributed by atoms with E-state index in [0.717, 1.165) is 11.1 Å². The zero-order chi connectivity index (χ0) is 22.1. The van der Waals surface area contributed by atoms with Crippen LogP contribution in [0.5, 0.6) is 0 Å². The lowest BCUT2D eigenvalue weighted by atomic mass is 9.69. The lowest BCUT2D eigenvalue weighted by molar-refractivity contribution is -0.142. The molecule has 1 aromatic heterocycles. The maximum Gasteiger partial charge on any atom is 0.340 e. The Balaban J connectivity index is 2.03. The molecule has 1 fully saturated rings. The molecule has 0 spiro atoms. The number of nitrogens with zero attached hydrogens (tertiary/aromatic N) is 2. The molecule has 158 valence electrons. The molecule has 2 amide bonds. The molecule has 1 aliphatic rings. The highest BCUT2D eigenvalue weighted by molar-refractivity contribution is 6.30. The lowest BCUT2D eigenvalue weighted by Gasteiger charge is -2.49. The van der Waals surface area contributed by atoms with E-state index in [2.05, 4.69) is 24.1 Å². The largest absolute Gasteiger partial charge is 0.465 e. The number of methoxy groups -OCH3 is 1. The number of anilines is 1. The fraction of sp³-hybridized carbons (Fsp3) is 0.364. The van der Waals surface area contributed by atoms with Crippen LogP contribution in [0, 0.1) is 0 Å². The highest BCUT2D eigenvalue weighted by atomic mass is 35.5. The number of nitrogens with one attached hydrogen (secondary N) is 1. The van der Waals surface area contributed by atoms with Gasteiger partial charge in [0.2, 0.25) is 11.8 Å². The van der Waals surface area contributed by atoms with E-state index in [1.807, 2.05) is 24.3 Å². The zero-order valence-corrected chi connectivity index (χ0v) is 18.1. The van der Waals surface area contributed by atoms with E-state index in [4.69, 9.17) is 16.3 Å². The first-order valence-electron chi connectivity index (χ1n) is 9.60. The van der Waals surface area contributed by atoms with E-state index in [1.54, 1.807) is 4.90 Å². The quantitative estimate of drug-likeness (QED) is 0.581. The SMILES string of the molecule is COC(=O)c1cc(Cl)ncc1NC(=O)C1(c2ccccc2C(C)C)CN(C(C)=O)C1. The van der Waals surface area contributed by atoms with Crippen LogP contribution in [-0.4, -0.2) is 47.9 Å². The Bertz CT molecular complexity index is 1000. The zero-order valence-electron chi connectivity index (χ0n) is 17.4. The number of carbonyl (C=O) groups excluding carboxylic acids is 3. The predicted octanol–water partition coefficient (Wildman–Crippen LogP) is 3.38. The second-order valence-corrected chi connectivity index (χ2v) is 8.08. The lowest BCUT2D eigenvalue weighted by Crippen LogP contribution is -2.66. The summed E-state index contributed by atoms with van der Waals surface area (Å²) in [4.78, 5) is 43.2. The van der Waals surface area contributed by atoms with Gasteiger partial charge in [-0.05, 0) is 23.1 Å².